The Hall–Kier alpha value is -4.60. The molecule has 44 heavy (non-hydrogen) atoms. The Morgan fingerprint density at radius 2 is 1.25 bits per heavy atom. The molecule has 2 fully saturated rings. The molecular weight excluding hydrogens is 564 g/mol. The molecule has 0 spiro atoms. The van der Waals surface area contributed by atoms with Crippen molar-refractivity contribution in [2.75, 3.05) is 26.8 Å². The normalized spacial score (nSPS) is 24.0. The topological polar surface area (TPSA) is 110 Å². The van der Waals surface area contributed by atoms with E-state index in [0.29, 0.717) is 30.6 Å². The molecule has 0 aromatic heterocycles. The van der Waals surface area contributed by atoms with Crippen LogP contribution in [0.3, 0.4) is 0 Å². The maximum absolute atomic E-state index is 11.9. The van der Waals surface area contributed by atoms with Gasteiger partial charge in [-0.05, 0) is 55.7 Å². The second kappa shape index (κ2) is 11.5. The van der Waals surface area contributed by atoms with E-state index in [4.69, 9.17) is 28.4 Å². The van der Waals surface area contributed by atoms with Gasteiger partial charge in [-0.2, -0.15) is 0 Å². The lowest BCUT2D eigenvalue weighted by Gasteiger charge is -2.17. The van der Waals surface area contributed by atoms with Gasteiger partial charge in [-0.25, -0.2) is 0 Å². The van der Waals surface area contributed by atoms with Crippen molar-refractivity contribution in [3.8, 4) is 23.0 Å². The molecule has 1 aliphatic carbocycles. The van der Waals surface area contributed by atoms with Crippen molar-refractivity contribution < 1.29 is 43.1 Å². The Morgan fingerprint density at radius 3 is 1.80 bits per heavy atom. The standard InChI is InChI=1S/C20H18O6.C15H14O3/c1-3-15-17(25-9-23-15)5-11(1)19-13-7-22-20(14(13)8-21-19)12-2-4-16-18(6-12)26-10-24-16;1-9(2)7-8-12-13(16)10-5-3-4-6-11(10)14(17)15(12)18/h1-6,13-14,19-20H,7-10H2;3-7,16H,8H2,1-2H3. The summed E-state index contributed by atoms with van der Waals surface area (Å²) in [6.45, 7) is 5.74. The Labute approximate surface area is 254 Å². The summed E-state index contributed by atoms with van der Waals surface area (Å²) in [6, 6.07) is 18.7. The third-order valence-corrected chi connectivity index (χ3v) is 8.62. The zero-order valence-corrected chi connectivity index (χ0v) is 24.4. The highest BCUT2D eigenvalue weighted by atomic mass is 16.7. The fourth-order valence-corrected chi connectivity index (χ4v) is 6.33. The third-order valence-electron chi connectivity index (χ3n) is 8.62. The maximum atomic E-state index is 11.9. The molecule has 4 atom stereocenters. The van der Waals surface area contributed by atoms with Crippen molar-refractivity contribution >= 4 is 17.3 Å². The van der Waals surface area contributed by atoms with Gasteiger partial charge in [0.15, 0.2) is 23.0 Å². The van der Waals surface area contributed by atoms with Gasteiger partial charge in [0.1, 0.15) is 5.76 Å². The number of Topliss-reactive ketones (excluding diaryl/α,β-unsaturated/α-hetero) is 2. The van der Waals surface area contributed by atoms with Crippen LogP contribution in [0.5, 0.6) is 23.0 Å². The minimum atomic E-state index is -0.608. The number of hydrogen-bond donors (Lipinski definition) is 1. The van der Waals surface area contributed by atoms with Crippen LogP contribution in [0, 0.1) is 11.8 Å². The quantitative estimate of drug-likeness (QED) is 0.274. The number of benzene rings is 3. The van der Waals surface area contributed by atoms with E-state index in [0.717, 1.165) is 39.7 Å². The summed E-state index contributed by atoms with van der Waals surface area (Å²) in [5.41, 5.74) is 4.18. The molecule has 0 radical (unpaired) electrons. The summed E-state index contributed by atoms with van der Waals surface area (Å²) in [6.07, 6.45) is 2.15. The highest BCUT2D eigenvalue weighted by molar-refractivity contribution is 6.52. The van der Waals surface area contributed by atoms with Crippen LogP contribution in [-0.2, 0) is 14.3 Å². The first kappa shape index (κ1) is 28.2. The highest BCUT2D eigenvalue weighted by Gasteiger charge is 2.48. The van der Waals surface area contributed by atoms with E-state index in [1.165, 1.54) is 0 Å². The summed E-state index contributed by atoms with van der Waals surface area (Å²) in [4.78, 5) is 23.8. The fourth-order valence-electron chi connectivity index (χ4n) is 6.33. The molecule has 9 nitrogen and oxygen atoms in total. The molecule has 2 saturated heterocycles. The monoisotopic (exact) mass is 596 g/mol. The van der Waals surface area contributed by atoms with Crippen molar-refractivity contribution in [3.63, 3.8) is 0 Å². The molecular formula is C35H32O9. The lowest BCUT2D eigenvalue weighted by atomic mass is 9.85. The predicted octanol–water partition coefficient (Wildman–Crippen LogP) is 6.30. The third kappa shape index (κ3) is 5.02. The lowest BCUT2D eigenvalue weighted by molar-refractivity contribution is -0.112. The van der Waals surface area contributed by atoms with E-state index in [1.54, 1.807) is 24.3 Å². The zero-order chi connectivity index (χ0) is 30.4. The first-order valence-corrected chi connectivity index (χ1v) is 14.6. The Kier molecular flexibility index (Phi) is 7.35. The van der Waals surface area contributed by atoms with Gasteiger partial charge in [-0.1, -0.05) is 48.0 Å². The number of ether oxygens (including phenoxy) is 6. The predicted molar refractivity (Wildman–Crippen MR) is 159 cm³/mol. The molecule has 9 heteroatoms. The SMILES string of the molecule is CC(C)=CCC1=C(O)c2ccccc2C(=O)C1=O.c1cc2c(cc1C1OCC3C(c4ccc5c(c4)OCO5)OCC13)OCO2. The molecule has 0 saturated carbocycles. The van der Waals surface area contributed by atoms with Gasteiger partial charge in [-0.15, -0.1) is 0 Å². The number of aliphatic hydroxyl groups is 1. The van der Waals surface area contributed by atoms with Crippen molar-refractivity contribution in [1.29, 1.82) is 0 Å². The number of rotatable bonds is 4. The molecule has 4 unspecified atom stereocenters. The van der Waals surface area contributed by atoms with Crippen molar-refractivity contribution in [2.45, 2.75) is 32.5 Å². The lowest BCUT2D eigenvalue weighted by Crippen LogP contribution is -2.23. The van der Waals surface area contributed by atoms with Crippen molar-refractivity contribution in [2.24, 2.45) is 11.8 Å². The number of aliphatic hydroxyl groups excluding tert-OH is 1. The van der Waals surface area contributed by atoms with Crippen LogP contribution < -0.4 is 18.9 Å². The average Bonchev–Trinajstić information content (AvgIpc) is 3.84. The van der Waals surface area contributed by atoms with Gasteiger partial charge in [0.25, 0.3) is 0 Å². The second-order valence-electron chi connectivity index (χ2n) is 11.6. The van der Waals surface area contributed by atoms with E-state index >= 15 is 0 Å². The molecule has 3 aromatic carbocycles. The number of hydrogen-bond acceptors (Lipinski definition) is 9. The number of carbonyl (C=O) groups excluding carboxylic acids is 2. The van der Waals surface area contributed by atoms with Gasteiger partial charge >= 0.3 is 0 Å². The van der Waals surface area contributed by atoms with Crippen molar-refractivity contribution in [1.82, 2.24) is 0 Å². The summed E-state index contributed by atoms with van der Waals surface area (Å²) in [5, 5.41) is 10.1. The van der Waals surface area contributed by atoms with Gasteiger partial charge in [0.2, 0.25) is 25.2 Å². The van der Waals surface area contributed by atoms with Crippen LogP contribution in [0.1, 0.15) is 59.5 Å². The molecule has 0 amide bonds. The molecule has 0 bridgehead atoms. The zero-order valence-electron chi connectivity index (χ0n) is 24.4. The van der Waals surface area contributed by atoms with E-state index in [9.17, 15) is 14.7 Å². The van der Waals surface area contributed by atoms with Gasteiger partial charge in [0, 0.05) is 28.5 Å². The first-order valence-electron chi connectivity index (χ1n) is 14.6. The van der Waals surface area contributed by atoms with Gasteiger partial charge in [-0.3, -0.25) is 9.59 Å². The molecule has 4 heterocycles. The summed E-state index contributed by atoms with van der Waals surface area (Å²) < 4.78 is 34.2. The van der Waals surface area contributed by atoms with E-state index < -0.39 is 11.6 Å². The Bertz CT molecular complexity index is 1630. The Morgan fingerprint density at radius 1 is 0.727 bits per heavy atom. The summed E-state index contributed by atoms with van der Waals surface area (Å²) in [5.74, 6) is 2.60. The summed E-state index contributed by atoms with van der Waals surface area (Å²) in [7, 11) is 0. The molecule has 226 valence electrons. The van der Waals surface area contributed by atoms with Gasteiger partial charge < -0.3 is 33.5 Å². The minimum absolute atomic E-state index is 0.0218. The molecule has 3 aromatic rings. The smallest absolute Gasteiger partial charge is 0.234 e. The van der Waals surface area contributed by atoms with Crippen LogP contribution in [0.25, 0.3) is 5.76 Å². The minimum Gasteiger partial charge on any atom is -0.507 e. The van der Waals surface area contributed by atoms with E-state index in [1.807, 2.05) is 44.2 Å². The Balaban J connectivity index is 0.000000153. The van der Waals surface area contributed by atoms with Crippen LogP contribution in [0.4, 0.5) is 0 Å². The van der Waals surface area contributed by atoms with E-state index in [2.05, 4.69) is 12.1 Å². The highest BCUT2D eigenvalue weighted by Crippen LogP contribution is 2.52. The molecule has 4 aliphatic heterocycles. The molecule has 8 rings (SSSR count). The fraction of sp³-hybridized carbons (Fsp3) is 0.314. The van der Waals surface area contributed by atoms with Crippen LogP contribution in [0.15, 0.2) is 77.9 Å². The van der Waals surface area contributed by atoms with Crippen LogP contribution in [-0.4, -0.2) is 43.5 Å². The van der Waals surface area contributed by atoms with E-state index in [-0.39, 0.29) is 49.1 Å². The maximum Gasteiger partial charge on any atom is 0.234 e. The number of fused-ring (bicyclic) bond motifs is 4. The summed E-state index contributed by atoms with van der Waals surface area (Å²) >= 11 is 0. The van der Waals surface area contributed by atoms with Crippen molar-refractivity contribution in [3.05, 3.63) is 100 Å². The van der Waals surface area contributed by atoms with Crippen LogP contribution >= 0.6 is 0 Å². The number of ketones is 2. The molecule has 1 N–H and O–H groups in total. The van der Waals surface area contributed by atoms with Crippen LogP contribution in [0.2, 0.25) is 0 Å². The van der Waals surface area contributed by atoms with Gasteiger partial charge in [0.05, 0.1) is 25.4 Å². The largest absolute Gasteiger partial charge is 0.507 e. The number of carbonyl (C=O) groups is 2. The average molecular weight is 597 g/mol. The second-order valence-corrected chi connectivity index (χ2v) is 11.6. The first-order chi connectivity index (χ1) is 21.4. The molecule has 5 aliphatic rings. The number of allylic oxidation sites excluding steroid dienone is 3.